The minimum Gasteiger partial charge on any atom is -0.394 e. The van der Waals surface area contributed by atoms with Crippen molar-refractivity contribution in [3.63, 3.8) is 0 Å². The third-order valence-electron chi connectivity index (χ3n) is 12.7. The summed E-state index contributed by atoms with van der Waals surface area (Å²) in [5.41, 5.74) is 0. The van der Waals surface area contributed by atoms with Crippen molar-refractivity contribution in [1.82, 2.24) is 5.32 Å². The Morgan fingerprint density at radius 3 is 0.932 bits per heavy atom. The highest BCUT2D eigenvalue weighted by molar-refractivity contribution is 5.76. The normalized spacial score (nSPS) is 12.9. The van der Waals surface area contributed by atoms with Crippen LogP contribution < -0.4 is 5.32 Å². The summed E-state index contributed by atoms with van der Waals surface area (Å²) in [6, 6.07) is -0.620. The van der Waals surface area contributed by atoms with Gasteiger partial charge in [0.15, 0.2) is 0 Å². The molecule has 0 radical (unpaired) electrons. The number of unbranched alkanes of at least 4 members (excludes halogenated alkanes) is 41. The molecule has 59 heavy (non-hydrogen) atoms. The number of nitrogens with one attached hydrogen (secondary N) is 1. The number of hydrogen-bond donors (Lipinski definition) is 3. The van der Waals surface area contributed by atoms with E-state index < -0.39 is 12.1 Å². The van der Waals surface area contributed by atoms with Gasteiger partial charge >= 0.3 is 0 Å². The standard InChI is InChI=1S/C55H107NO3/c1-3-5-7-9-11-13-15-17-19-21-23-24-25-26-27-28-29-30-31-32-33-35-37-39-41-43-45-47-49-51-55(59)56-53(52-57)54(58)50-48-46-44-42-40-38-36-34-22-20-18-16-14-12-10-8-6-4-2/h26-27,48,50,53-54,57-58H,3-25,28-47,49,51-52H2,1-2H3,(H,56,59)/b27-26-,50-48+. The monoisotopic (exact) mass is 830 g/mol. The highest BCUT2D eigenvalue weighted by Gasteiger charge is 2.18. The predicted molar refractivity (Wildman–Crippen MR) is 262 cm³/mol. The van der Waals surface area contributed by atoms with Gasteiger partial charge < -0.3 is 15.5 Å². The van der Waals surface area contributed by atoms with Crippen molar-refractivity contribution in [2.75, 3.05) is 6.61 Å². The van der Waals surface area contributed by atoms with E-state index in [4.69, 9.17) is 0 Å². The second-order valence-electron chi connectivity index (χ2n) is 18.7. The predicted octanol–water partition coefficient (Wildman–Crippen LogP) is 17.5. The molecule has 4 heteroatoms. The third kappa shape index (κ3) is 47.8. The molecule has 0 heterocycles. The van der Waals surface area contributed by atoms with Crippen molar-refractivity contribution in [2.24, 2.45) is 0 Å². The Bertz CT molecular complexity index is 855. The van der Waals surface area contributed by atoms with Gasteiger partial charge in [-0.2, -0.15) is 0 Å². The summed E-state index contributed by atoms with van der Waals surface area (Å²) in [5, 5.41) is 23.1. The Kier molecular flexibility index (Phi) is 50.2. The number of aliphatic hydroxyl groups is 2. The van der Waals surface area contributed by atoms with Crippen molar-refractivity contribution < 1.29 is 15.0 Å². The maximum absolute atomic E-state index is 12.5. The van der Waals surface area contributed by atoms with Crippen molar-refractivity contribution in [3.05, 3.63) is 24.3 Å². The van der Waals surface area contributed by atoms with Gasteiger partial charge in [-0.15, -0.1) is 0 Å². The van der Waals surface area contributed by atoms with Crippen LogP contribution in [0.15, 0.2) is 24.3 Å². The molecule has 0 aromatic rings. The molecular formula is C55H107NO3. The lowest BCUT2D eigenvalue weighted by molar-refractivity contribution is -0.123. The molecule has 350 valence electrons. The van der Waals surface area contributed by atoms with E-state index in [1.165, 1.54) is 257 Å². The van der Waals surface area contributed by atoms with Gasteiger partial charge in [0.05, 0.1) is 18.8 Å². The number of hydrogen-bond acceptors (Lipinski definition) is 3. The van der Waals surface area contributed by atoms with Gasteiger partial charge in [-0.25, -0.2) is 0 Å². The average Bonchev–Trinajstić information content (AvgIpc) is 3.24. The molecule has 1 amide bonds. The van der Waals surface area contributed by atoms with E-state index in [-0.39, 0.29) is 12.5 Å². The summed E-state index contributed by atoms with van der Waals surface area (Å²) in [6.07, 6.45) is 67.6. The highest BCUT2D eigenvalue weighted by atomic mass is 16.3. The van der Waals surface area contributed by atoms with Crippen LogP contribution in [0.3, 0.4) is 0 Å². The molecular weight excluding hydrogens is 723 g/mol. The van der Waals surface area contributed by atoms with Gasteiger partial charge in [-0.1, -0.05) is 276 Å². The average molecular weight is 830 g/mol. The first-order valence-corrected chi connectivity index (χ1v) is 27.1. The first-order chi connectivity index (χ1) is 29.2. The highest BCUT2D eigenvalue weighted by Crippen LogP contribution is 2.17. The van der Waals surface area contributed by atoms with Gasteiger partial charge in [-0.05, 0) is 44.9 Å². The maximum atomic E-state index is 12.5. The van der Waals surface area contributed by atoms with Crippen molar-refractivity contribution in [2.45, 2.75) is 315 Å². The zero-order valence-electron chi connectivity index (χ0n) is 40.3. The Morgan fingerprint density at radius 2 is 0.644 bits per heavy atom. The minimum absolute atomic E-state index is 0.0595. The van der Waals surface area contributed by atoms with E-state index in [0.29, 0.717) is 6.42 Å². The van der Waals surface area contributed by atoms with Crippen molar-refractivity contribution >= 4 is 5.91 Å². The Morgan fingerprint density at radius 1 is 0.390 bits per heavy atom. The van der Waals surface area contributed by atoms with E-state index in [9.17, 15) is 15.0 Å². The molecule has 0 fully saturated rings. The number of carbonyl (C=O) groups excluding carboxylic acids is 1. The number of amides is 1. The van der Waals surface area contributed by atoms with Crippen LogP contribution in [0.25, 0.3) is 0 Å². The number of allylic oxidation sites excluding steroid dienone is 3. The van der Waals surface area contributed by atoms with Gasteiger partial charge in [0.2, 0.25) is 5.91 Å². The Hall–Kier alpha value is -1.13. The van der Waals surface area contributed by atoms with Gasteiger partial charge in [0, 0.05) is 6.42 Å². The molecule has 0 rings (SSSR count). The van der Waals surface area contributed by atoms with Gasteiger partial charge in [0.25, 0.3) is 0 Å². The number of aliphatic hydroxyl groups excluding tert-OH is 2. The maximum Gasteiger partial charge on any atom is 0.220 e. The first kappa shape index (κ1) is 57.9. The van der Waals surface area contributed by atoms with Crippen molar-refractivity contribution in [3.8, 4) is 0 Å². The summed E-state index contributed by atoms with van der Waals surface area (Å²) in [6.45, 7) is 4.34. The fourth-order valence-corrected chi connectivity index (χ4v) is 8.53. The summed E-state index contributed by atoms with van der Waals surface area (Å²) in [5.74, 6) is -0.0595. The van der Waals surface area contributed by atoms with E-state index >= 15 is 0 Å². The molecule has 0 saturated heterocycles. The summed E-state index contributed by atoms with van der Waals surface area (Å²) in [7, 11) is 0. The second-order valence-corrected chi connectivity index (χ2v) is 18.7. The molecule has 0 aliphatic rings. The summed E-state index contributed by atoms with van der Waals surface area (Å²) < 4.78 is 0. The quantitative estimate of drug-likeness (QED) is 0.0422. The zero-order chi connectivity index (χ0) is 42.8. The molecule has 0 saturated carbocycles. The lowest BCUT2D eigenvalue weighted by atomic mass is 10.0. The zero-order valence-corrected chi connectivity index (χ0v) is 40.3. The smallest absolute Gasteiger partial charge is 0.220 e. The van der Waals surface area contributed by atoms with Crippen LogP contribution in [0.2, 0.25) is 0 Å². The molecule has 0 aromatic carbocycles. The Labute approximate surface area is 370 Å². The van der Waals surface area contributed by atoms with Crippen LogP contribution in [0.1, 0.15) is 303 Å². The van der Waals surface area contributed by atoms with Crippen LogP contribution in [0.4, 0.5) is 0 Å². The molecule has 0 aliphatic carbocycles. The first-order valence-electron chi connectivity index (χ1n) is 27.1. The van der Waals surface area contributed by atoms with Crippen LogP contribution in [0, 0.1) is 0 Å². The summed E-state index contributed by atoms with van der Waals surface area (Å²) in [4.78, 5) is 12.5. The SMILES string of the molecule is CCCCCCCCCCCCCC/C=C\CCCCCCCCCCCCCCCC(=O)NC(CO)C(O)/C=C/CCCCCCCCCCCCCCCCCC. The van der Waals surface area contributed by atoms with Crippen LogP contribution in [-0.2, 0) is 4.79 Å². The third-order valence-corrected chi connectivity index (χ3v) is 12.7. The molecule has 2 unspecified atom stereocenters. The largest absolute Gasteiger partial charge is 0.394 e. The molecule has 3 N–H and O–H groups in total. The van der Waals surface area contributed by atoms with Crippen LogP contribution in [-0.4, -0.2) is 34.9 Å². The lowest BCUT2D eigenvalue weighted by Crippen LogP contribution is -2.45. The molecule has 0 spiro atoms. The minimum atomic E-state index is -0.837. The van der Waals surface area contributed by atoms with Crippen LogP contribution >= 0.6 is 0 Å². The summed E-state index contributed by atoms with van der Waals surface area (Å²) >= 11 is 0. The van der Waals surface area contributed by atoms with Gasteiger partial charge in [-0.3, -0.25) is 4.79 Å². The number of rotatable bonds is 50. The topological polar surface area (TPSA) is 69.6 Å². The Balaban J connectivity index is 3.46. The van der Waals surface area contributed by atoms with E-state index in [1.807, 2.05) is 6.08 Å². The fourth-order valence-electron chi connectivity index (χ4n) is 8.53. The van der Waals surface area contributed by atoms with E-state index in [0.717, 1.165) is 25.7 Å². The molecule has 0 bridgehead atoms. The lowest BCUT2D eigenvalue weighted by Gasteiger charge is -2.20. The van der Waals surface area contributed by atoms with Crippen LogP contribution in [0.5, 0.6) is 0 Å². The number of carbonyl (C=O) groups is 1. The van der Waals surface area contributed by atoms with Crippen molar-refractivity contribution in [1.29, 1.82) is 0 Å². The van der Waals surface area contributed by atoms with E-state index in [2.05, 4.69) is 31.3 Å². The molecule has 4 nitrogen and oxygen atoms in total. The second kappa shape index (κ2) is 51.2. The van der Waals surface area contributed by atoms with E-state index in [1.54, 1.807) is 6.08 Å². The van der Waals surface area contributed by atoms with Gasteiger partial charge in [0.1, 0.15) is 0 Å². The molecule has 0 aromatic heterocycles. The fraction of sp³-hybridized carbons (Fsp3) is 0.909. The molecule has 0 aliphatic heterocycles. The molecule has 2 atom stereocenters.